The van der Waals surface area contributed by atoms with Gasteiger partial charge >= 0.3 is 0 Å². The molecule has 3 heterocycles. The zero-order chi connectivity index (χ0) is 31.1. The first-order valence-electron chi connectivity index (χ1n) is 15.4. The van der Waals surface area contributed by atoms with E-state index in [0.29, 0.717) is 30.2 Å². The summed E-state index contributed by atoms with van der Waals surface area (Å²) in [6.07, 6.45) is 0.445. The Labute approximate surface area is 253 Å². The van der Waals surface area contributed by atoms with E-state index in [0.717, 1.165) is 18.8 Å². The number of nitrogens with one attached hydrogen (secondary N) is 2. The number of aliphatic hydroxyl groups excluding tert-OH is 1. The Morgan fingerprint density at radius 2 is 1.63 bits per heavy atom. The Morgan fingerprint density at radius 3 is 2.19 bits per heavy atom. The number of hydrogen-bond donors (Lipinski definition) is 3. The summed E-state index contributed by atoms with van der Waals surface area (Å²) in [7, 11) is 0. The van der Waals surface area contributed by atoms with Gasteiger partial charge in [-0.25, -0.2) is 0 Å². The summed E-state index contributed by atoms with van der Waals surface area (Å²) < 4.78 is 12.3. The molecular formula is C33H44N4O6. The van der Waals surface area contributed by atoms with E-state index in [1.54, 1.807) is 31.2 Å². The molecule has 3 fully saturated rings. The Morgan fingerprint density at radius 1 is 1.05 bits per heavy atom. The van der Waals surface area contributed by atoms with Crippen molar-refractivity contribution in [3.63, 3.8) is 0 Å². The first kappa shape index (κ1) is 30.8. The molecule has 0 aromatic heterocycles. The maximum atomic E-state index is 14.2. The summed E-state index contributed by atoms with van der Waals surface area (Å²) in [5, 5.41) is 16.1. The number of carbonyl (C=O) groups excluding carboxylic acids is 3. The van der Waals surface area contributed by atoms with Crippen molar-refractivity contribution >= 4 is 34.8 Å². The highest BCUT2D eigenvalue weighted by atomic mass is 16.5. The molecule has 2 aromatic rings. The van der Waals surface area contributed by atoms with Gasteiger partial charge in [-0.3, -0.25) is 14.4 Å². The molecule has 5 rings (SSSR count). The molecule has 1 spiro atoms. The maximum absolute atomic E-state index is 14.2. The minimum absolute atomic E-state index is 0.0966. The Bertz CT molecular complexity index is 1350. The lowest BCUT2D eigenvalue weighted by Crippen LogP contribution is -2.56. The topological polar surface area (TPSA) is 120 Å². The lowest BCUT2D eigenvalue weighted by molar-refractivity contribution is -0.147. The number of fused-ring (bicyclic) bond motifs is 1. The number of benzene rings is 2. The van der Waals surface area contributed by atoms with Crippen LogP contribution in [0.4, 0.5) is 17.1 Å². The fraction of sp³-hybridized carbons (Fsp3) is 0.545. The molecule has 3 N–H and O–H groups in total. The highest BCUT2D eigenvalue weighted by molar-refractivity contribution is 6.05. The molecule has 10 nitrogen and oxygen atoms in total. The van der Waals surface area contributed by atoms with Crippen LogP contribution in [0.25, 0.3) is 0 Å². The molecule has 43 heavy (non-hydrogen) atoms. The van der Waals surface area contributed by atoms with E-state index in [-0.39, 0.29) is 24.3 Å². The molecule has 3 aliphatic heterocycles. The average molecular weight is 593 g/mol. The quantitative estimate of drug-likeness (QED) is 0.362. The number of carbonyl (C=O) groups is 3. The van der Waals surface area contributed by atoms with Gasteiger partial charge in [0.15, 0.2) is 0 Å². The second-order valence-electron chi connectivity index (χ2n) is 12.1. The van der Waals surface area contributed by atoms with Crippen molar-refractivity contribution in [1.29, 1.82) is 0 Å². The lowest BCUT2D eigenvalue weighted by atomic mass is 9.62. The second-order valence-corrected chi connectivity index (χ2v) is 12.1. The smallest absolute Gasteiger partial charge is 0.250 e. The van der Waals surface area contributed by atoms with E-state index < -0.39 is 41.0 Å². The third-order valence-corrected chi connectivity index (χ3v) is 9.72. The summed E-state index contributed by atoms with van der Waals surface area (Å²) in [4.78, 5) is 45.9. The van der Waals surface area contributed by atoms with Crippen molar-refractivity contribution in [2.75, 3.05) is 41.8 Å². The van der Waals surface area contributed by atoms with Crippen LogP contribution in [-0.2, 0) is 19.1 Å². The zero-order valence-electron chi connectivity index (χ0n) is 25.9. The molecule has 0 radical (unpaired) electrons. The number of ether oxygens (including phenoxy) is 2. The van der Waals surface area contributed by atoms with Gasteiger partial charge in [-0.05, 0) is 95.5 Å². The maximum Gasteiger partial charge on any atom is 0.250 e. The van der Waals surface area contributed by atoms with Gasteiger partial charge in [-0.1, -0.05) is 6.92 Å². The van der Waals surface area contributed by atoms with Crippen molar-refractivity contribution in [3.8, 4) is 5.75 Å². The number of nitrogens with zero attached hydrogens (tertiary/aromatic N) is 2. The monoisotopic (exact) mass is 592 g/mol. The van der Waals surface area contributed by atoms with Crippen LogP contribution in [0.1, 0.15) is 48.0 Å². The van der Waals surface area contributed by atoms with E-state index in [1.165, 1.54) is 4.90 Å². The third kappa shape index (κ3) is 5.04. The minimum atomic E-state index is -1.21. The van der Waals surface area contributed by atoms with Gasteiger partial charge < -0.3 is 35.0 Å². The largest absolute Gasteiger partial charge is 0.494 e. The van der Waals surface area contributed by atoms with Crippen molar-refractivity contribution < 1.29 is 29.0 Å². The molecule has 0 saturated carbocycles. The standard InChI is InChI=1S/C33H44N4O6/c1-7-36(8-2)24-14-10-22(11-15-24)35-30(40)28-33-18-20(4)32(6,43-33)26(27(33)31(41)37(28)21(5)19-38)29(39)34-23-12-16-25(17-13-23)42-9-3/h10-17,20-21,26-28,38H,7-9,18-19H2,1-6H3,(H,34,39)(H,35,40)/t20?,21-,26+,27+,28?,32-,33?/m1/s1. The Balaban J connectivity index is 1.46. The normalized spacial score (nSPS) is 29.7. The SMILES string of the molecule is CCOc1ccc(NC(=O)[C@@H]2[C@H]3C(=O)N([C@H](C)CO)C(C(=O)Nc4ccc(N(CC)CC)cc4)C34CC(C)[C@@]2(C)O4)cc1. The van der Waals surface area contributed by atoms with Crippen molar-refractivity contribution in [1.82, 2.24) is 4.90 Å². The van der Waals surface area contributed by atoms with Crippen LogP contribution < -0.4 is 20.3 Å². The van der Waals surface area contributed by atoms with Crippen LogP contribution in [0, 0.1) is 17.8 Å². The first-order chi connectivity index (χ1) is 20.5. The van der Waals surface area contributed by atoms with Gasteiger partial charge in [-0.2, -0.15) is 0 Å². The number of anilines is 3. The summed E-state index contributed by atoms with van der Waals surface area (Å²) in [6.45, 7) is 13.6. The summed E-state index contributed by atoms with van der Waals surface area (Å²) in [5.74, 6) is -2.17. The Kier molecular flexibility index (Phi) is 8.46. The zero-order valence-corrected chi connectivity index (χ0v) is 25.9. The summed E-state index contributed by atoms with van der Waals surface area (Å²) in [5.41, 5.74) is 0.0695. The molecular weight excluding hydrogens is 548 g/mol. The van der Waals surface area contributed by atoms with E-state index >= 15 is 0 Å². The van der Waals surface area contributed by atoms with Crippen LogP contribution in [0.5, 0.6) is 5.75 Å². The second kappa shape index (κ2) is 11.8. The van der Waals surface area contributed by atoms with Crippen LogP contribution in [0.3, 0.4) is 0 Å². The number of aliphatic hydroxyl groups is 1. The number of rotatable bonds is 11. The number of amides is 3. The summed E-state index contributed by atoms with van der Waals surface area (Å²) >= 11 is 0. The van der Waals surface area contributed by atoms with Crippen LogP contribution in [-0.4, -0.2) is 77.3 Å². The first-order valence-corrected chi connectivity index (χ1v) is 15.4. The fourth-order valence-corrected chi connectivity index (χ4v) is 7.51. The summed E-state index contributed by atoms with van der Waals surface area (Å²) in [6, 6.07) is 13.0. The molecule has 3 aliphatic rings. The molecule has 2 bridgehead atoms. The molecule has 2 aromatic carbocycles. The molecule has 0 aliphatic carbocycles. The molecule has 10 heteroatoms. The highest BCUT2D eigenvalue weighted by Crippen LogP contribution is 2.65. The molecule has 7 atom stereocenters. The molecule has 3 amide bonds. The van der Waals surface area contributed by atoms with Crippen molar-refractivity contribution in [2.45, 2.75) is 71.2 Å². The van der Waals surface area contributed by atoms with Gasteiger partial charge in [0.05, 0.1) is 36.7 Å². The number of likely N-dealkylation sites (tertiary alicyclic amines) is 1. The number of hydrogen-bond acceptors (Lipinski definition) is 7. The van der Waals surface area contributed by atoms with Crippen LogP contribution in [0.2, 0.25) is 0 Å². The van der Waals surface area contributed by atoms with Gasteiger partial charge in [0, 0.05) is 30.2 Å². The van der Waals surface area contributed by atoms with E-state index in [9.17, 15) is 19.5 Å². The minimum Gasteiger partial charge on any atom is -0.494 e. The Hall–Kier alpha value is -3.63. The molecule has 3 unspecified atom stereocenters. The lowest BCUT2D eigenvalue weighted by Gasteiger charge is -2.36. The van der Waals surface area contributed by atoms with Gasteiger partial charge in [0.2, 0.25) is 17.7 Å². The third-order valence-electron chi connectivity index (χ3n) is 9.72. The average Bonchev–Trinajstić information content (AvgIpc) is 3.51. The van der Waals surface area contributed by atoms with Gasteiger partial charge in [0.25, 0.3) is 0 Å². The van der Waals surface area contributed by atoms with Crippen LogP contribution >= 0.6 is 0 Å². The van der Waals surface area contributed by atoms with Crippen molar-refractivity contribution in [2.24, 2.45) is 17.8 Å². The fourth-order valence-electron chi connectivity index (χ4n) is 7.51. The van der Waals surface area contributed by atoms with E-state index in [4.69, 9.17) is 9.47 Å². The van der Waals surface area contributed by atoms with Gasteiger partial charge in [-0.15, -0.1) is 0 Å². The predicted octanol–water partition coefficient (Wildman–Crippen LogP) is 3.90. The predicted molar refractivity (Wildman–Crippen MR) is 165 cm³/mol. The molecule has 232 valence electrons. The van der Waals surface area contributed by atoms with Crippen LogP contribution in [0.15, 0.2) is 48.5 Å². The van der Waals surface area contributed by atoms with Crippen molar-refractivity contribution in [3.05, 3.63) is 48.5 Å². The van der Waals surface area contributed by atoms with Gasteiger partial charge in [0.1, 0.15) is 17.4 Å². The highest BCUT2D eigenvalue weighted by Gasteiger charge is 2.80. The van der Waals surface area contributed by atoms with E-state index in [1.807, 2.05) is 45.0 Å². The van der Waals surface area contributed by atoms with E-state index in [2.05, 4.69) is 29.4 Å². The molecule has 3 saturated heterocycles.